The molecule has 0 amide bonds. The van der Waals surface area contributed by atoms with E-state index in [1.54, 1.807) is 18.2 Å². The number of hydrogen-bond donors (Lipinski definition) is 1. The molecule has 0 atom stereocenters. The van der Waals surface area contributed by atoms with Crippen LogP contribution >= 0.6 is 0 Å². The minimum Gasteiger partial charge on any atom is -0.482 e. The van der Waals surface area contributed by atoms with E-state index in [9.17, 15) is 4.79 Å². The van der Waals surface area contributed by atoms with E-state index in [1.165, 1.54) is 6.33 Å². The molecule has 0 saturated heterocycles. The van der Waals surface area contributed by atoms with Crippen LogP contribution in [0.4, 0.5) is 11.5 Å². The third-order valence-corrected chi connectivity index (χ3v) is 3.52. The molecule has 0 bridgehead atoms. The first kappa shape index (κ1) is 17.4. The summed E-state index contributed by atoms with van der Waals surface area (Å²) in [5.74, 6) is 1.25. The highest BCUT2D eigenvalue weighted by Crippen LogP contribution is 2.21. The molecule has 0 spiro atoms. The van der Waals surface area contributed by atoms with Crippen LogP contribution in [-0.4, -0.2) is 22.5 Å². The van der Waals surface area contributed by atoms with Crippen molar-refractivity contribution in [3.8, 4) is 11.5 Å². The number of hydrogen-bond acceptors (Lipinski definition) is 6. The number of esters is 1. The monoisotopic (exact) mass is 349 g/mol. The normalized spacial score (nSPS) is 10.2. The van der Waals surface area contributed by atoms with Gasteiger partial charge in [-0.25, -0.2) is 14.8 Å². The second-order valence-corrected chi connectivity index (χ2v) is 5.77. The minimum atomic E-state index is -0.472. The van der Waals surface area contributed by atoms with Crippen LogP contribution in [0.15, 0.2) is 60.9 Å². The summed E-state index contributed by atoms with van der Waals surface area (Å²) in [7, 11) is 0. The lowest BCUT2D eigenvalue weighted by molar-refractivity contribution is -0.136. The molecule has 6 heteroatoms. The molecule has 132 valence electrons. The Hall–Kier alpha value is -3.41. The zero-order chi connectivity index (χ0) is 18.4. The number of aromatic nitrogens is 2. The third kappa shape index (κ3) is 5.04. The Morgan fingerprint density at radius 3 is 2.58 bits per heavy atom. The van der Waals surface area contributed by atoms with Crippen molar-refractivity contribution in [3.63, 3.8) is 0 Å². The van der Waals surface area contributed by atoms with E-state index in [-0.39, 0.29) is 6.61 Å². The first-order valence-corrected chi connectivity index (χ1v) is 8.14. The van der Waals surface area contributed by atoms with E-state index in [0.717, 1.165) is 16.9 Å². The standard InChI is InChI=1S/C20H19N3O3/c1-14-6-8-17(9-7-14)25-12-20(24)26-18-5-3-4-16(11-18)23-19-10-15(2)21-13-22-19/h3-11,13H,12H2,1-2H3,(H,21,22,23). The number of nitrogens with zero attached hydrogens (tertiary/aromatic N) is 2. The summed E-state index contributed by atoms with van der Waals surface area (Å²) in [6.07, 6.45) is 1.49. The number of ether oxygens (including phenoxy) is 2. The summed E-state index contributed by atoms with van der Waals surface area (Å²) in [5.41, 5.74) is 2.74. The maximum atomic E-state index is 12.0. The Labute approximate surface area is 151 Å². The van der Waals surface area contributed by atoms with Crippen molar-refractivity contribution >= 4 is 17.5 Å². The molecular formula is C20H19N3O3. The van der Waals surface area contributed by atoms with Gasteiger partial charge in [0.2, 0.25) is 0 Å². The van der Waals surface area contributed by atoms with Gasteiger partial charge in [0.1, 0.15) is 23.6 Å². The number of anilines is 2. The predicted octanol–water partition coefficient (Wildman–Crippen LogP) is 3.82. The van der Waals surface area contributed by atoms with Gasteiger partial charge in [-0.2, -0.15) is 0 Å². The van der Waals surface area contributed by atoms with E-state index < -0.39 is 5.97 Å². The summed E-state index contributed by atoms with van der Waals surface area (Å²) in [4.78, 5) is 20.2. The van der Waals surface area contributed by atoms with Crippen molar-refractivity contribution in [3.05, 3.63) is 72.2 Å². The summed E-state index contributed by atoms with van der Waals surface area (Å²) in [6.45, 7) is 3.72. The fourth-order valence-electron chi connectivity index (χ4n) is 2.25. The average molecular weight is 349 g/mol. The SMILES string of the molecule is Cc1ccc(OCC(=O)Oc2cccc(Nc3cc(C)ncn3)c2)cc1. The fourth-order valence-corrected chi connectivity index (χ4v) is 2.25. The van der Waals surface area contributed by atoms with E-state index in [2.05, 4.69) is 15.3 Å². The molecule has 0 aliphatic heterocycles. The third-order valence-electron chi connectivity index (χ3n) is 3.52. The molecule has 0 unspecified atom stereocenters. The van der Waals surface area contributed by atoms with Gasteiger partial charge >= 0.3 is 5.97 Å². The van der Waals surface area contributed by atoms with Crippen molar-refractivity contribution in [2.45, 2.75) is 13.8 Å². The molecular weight excluding hydrogens is 330 g/mol. The summed E-state index contributed by atoms with van der Waals surface area (Å²) < 4.78 is 10.8. The molecule has 2 aromatic carbocycles. The first-order chi connectivity index (χ1) is 12.6. The molecule has 0 radical (unpaired) electrons. The Bertz CT molecular complexity index is 895. The lowest BCUT2D eigenvalue weighted by Gasteiger charge is -2.09. The highest BCUT2D eigenvalue weighted by atomic mass is 16.6. The lowest BCUT2D eigenvalue weighted by Crippen LogP contribution is -2.17. The Morgan fingerprint density at radius 1 is 1.00 bits per heavy atom. The molecule has 1 heterocycles. The maximum absolute atomic E-state index is 12.0. The van der Waals surface area contributed by atoms with Gasteiger partial charge in [-0.05, 0) is 38.1 Å². The number of aryl methyl sites for hydroxylation is 2. The van der Waals surface area contributed by atoms with Crippen LogP contribution in [0.1, 0.15) is 11.3 Å². The Balaban J connectivity index is 1.57. The van der Waals surface area contributed by atoms with Crippen molar-refractivity contribution in [1.82, 2.24) is 9.97 Å². The number of nitrogens with one attached hydrogen (secondary N) is 1. The number of benzene rings is 2. The molecule has 0 aliphatic carbocycles. The summed E-state index contributed by atoms with van der Waals surface area (Å²) >= 11 is 0. The molecule has 0 saturated carbocycles. The lowest BCUT2D eigenvalue weighted by atomic mass is 10.2. The van der Waals surface area contributed by atoms with Crippen molar-refractivity contribution in [2.24, 2.45) is 0 Å². The van der Waals surface area contributed by atoms with Gasteiger partial charge in [-0.3, -0.25) is 0 Å². The van der Waals surface area contributed by atoms with Gasteiger partial charge in [0, 0.05) is 23.5 Å². The van der Waals surface area contributed by atoms with Crippen LogP contribution < -0.4 is 14.8 Å². The van der Waals surface area contributed by atoms with Crippen molar-refractivity contribution in [2.75, 3.05) is 11.9 Å². The molecule has 1 aromatic heterocycles. The van der Waals surface area contributed by atoms with Crippen molar-refractivity contribution in [1.29, 1.82) is 0 Å². The molecule has 3 rings (SSSR count). The van der Waals surface area contributed by atoms with E-state index in [1.807, 2.05) is 50.2 Å². The zero-order valence-electron chi connectivity index (χ0n) is 14.6. The van der Waals surface area contributed by atoms with Crippen LogP contribution in [0.5, 0.6) is 11.5 Å². The van der Waals surface area contributed by atoms with Crippen LogP contribution in [0.2, 0.25) is 0 Å². The van der Waals surface area contributed by atoms with Crippen LogP contribution in [0, 0.1) is 13.8 Å². The quantitative estimate of drug-likeness (QED) is 0.539. The minimum absolute atomic E-state index is 0.161. The van der Waals surface area contributed by atoms with Crippen molar-refractivity contribution < 1.29 is 14.3 Å². The van der Waals surface area contributed by atoms with Gasteiger partial charge in [0.15, 0.2) is 6.61 Å². The van der Waals surface area contributed by atoms with Crippen LogP contribution in [0.3, 0.4) is 0 Å². The van der Waals surface area contributed by atoms with Gasteiger partial charge in [-0.15, -0.1) is 0 Å². The molecule has 0 aliphatic rings. The largest absolute Gasteiger partial charge is 0.482 e. The molecule has 3 aromatic rings. The molecule has 0 fully saturated rings. The van der Waals surface area contributed by atoms with Gasteiger partial charge in [0.25, 0.3) is 0 Å². The van der Waals surface area contributed by atoms with E-state index in [0.29, 0.717) is 17.3 Å². The smallest absolute Gasteiger partial charge is 0.349 e. The zero-order valence-corrected chi connectivity index (χ0v) is 14.6. The molecule has 6 nitrogen and oxygen atoms in total. The van der Waals surface area contributed by atoms with E-state index >= 15 is 0 Å². The first-order valence-electron chi connectivity index (χ1n) is 8.14. The average Bonchev–Trinajstić information content (AvgIpc) is 2.62. The second-order valence-electron chi connectivity index (χ2n) is 5.77. The molecule has 26 heavy (non-hydrogen) atoms. The van der Waals surface area contributed by atoms with Gasteiger partial charge in [-0.1, -0.05) is 23.8 Å². The second kappa shape index (κ2) is 8.11. The topological polar surface area (TPSA) is 73.3 Å². The summed E-state index contributed by atoms with van der Waals surface area (Å²) in [6, 6.07) is 16.4. The molecule has 1 N–H and O–H groups in total. The van der Waals surface area contributed by atoms with Gasteiger partial charge < -0.3 is 14.8 Å². The Kier molecular flexibility index (Phi) is 5.43. The number of rotatable bonds is 6. The maximum Gasteiger partial charge on any atom is 0.349 e. The predicted molar refractivity (Wildman–Crippen MR) is 98.8 cm³/mol. The highest BCUT2D eigenvalue weighted by Gasteiger charge is 2.07. The number of carbonyl (C=O) groups is 1. The van der Waals surface area contributed by atoms with E-state index in [4.69, 9.17) is 9.47 Å². The summed E-state index contributed by atoms with van der Waals surface area (Å²) in [5, 5.41) is 3.15. The van der Waals surface area contributed by atoms with Crippen LogP contribution in [-0.2, 0) is 4.79 Å². The van der Waals surface area contributed by atoms with Gasteiger partial charge in [0.05, 0.1) is 0 Å². The Morgan fingerprint density at radius 2 is 1.81 bits per heavy atom. The fraction of sp³-hybridized carbons (Fsp3) is 0.150. The van der Waals surface area contributed by atoms with Crippen LogP contribution in [0.25, 0.3) is 0 Å². The number of carbonyl (C=O) groups excluding carboxylic acids is 1. The highest BCUT2D eigenvalue weighted by molar-refractivity contribution is 5.74.